The molecule has 2 heterocycles. The van der Waals surface area contributed by atoms with E-state index in [9.17, 15) is 4.79 Å². The predicted octanol–water partition coefficient (Wildman–Crippen LogP) is 1.54. The summed E-state index contributed by atoms with van der Waals surface area (Å²) in [5.41, 5.74) is 0. The van der Waals surface area contributed by atoms with Crippen molar-refractivity contribution in [3.8, 4) is 0 Å². The van der Waals surface area contributed by atoms with E-state index >= 15 is 0 Å². The lowest BCUT2D eigenvalue weighted by Gasteiger charge is -1.98. The van der Waals surface area contributed by atoms with Gasteiger partial charge in [-0.25, -0.2) is 4.98 Å². The van der Waals surface area contributed by atoms with Crippen LogP contribution in [0.25, 0.3) is 0 Å². The van der Waals surface area contributed by atoms with Crippen LogP contribution in [0.3, 0.4) is 0 Å². The molecule has 102 valence electrons. The number of aryl methyl sites for hydroxylation is 1. The Morgan fingerprint density at radius 2 is 2.26 bits per heavy atom. The maximum Gasteiger partial charge on any atom is 0.270 e. The van der Waals surface area contributed by atoms with E-state index in [4.69, 9.17) is 16.1 Å². The molecule has 8 nitrogen and oxygen atoms in total. The molecule has 0 atom stereocenters. The summed E-state index contributed by atoms with van der Waals surface area (Å²) in [6.07, 6.45) is 0.623. The van der Waals surface area contributed by atoms with Gasteiger partial charge in [-0.05, 0) is 16.8 Å². The highest BCUT2D eigenvalue weighted by Crippen LogP contribution is 2.13. The van der Waals surface area contributed by atoms with E-state index in [0.717, 1.165) is 0 Å². The fourth-order valence-corrected chi connectivity index (χ4v) is 1.47. The monoisotopic (exact) mass is 284 g/mol. The summed E-state index contributed by atoms with van der Waals surface area (Å²) < 4.78 is 4.97. The summed E-state index contributed by atoms with van der Waals surface area (Å²) in [6, 6.07) is 0. The van der Waals surface area contributed by atoms with Crippen LogP contribution >= 0.6 is 11.6 Å². The molecule has 0 spiro atoms. The fourth-order valence-electron chi connectivity index (χ4n) is 1.32. The van der Waals surface area contributed by atoms with Crippen molar-refractivity contribution < 1.29 is 9.32 Å². The third-order valence-corrected chi connectivity index (χ3v) is 2.45. The second-order valence-electron chi connectivity index (χ2n) is 4.21. The summed E-state index contributed by atoms with van der Waals surface area (Å²) in [4.78, 5) is 19.6. The number of anilines is 1. The fraction of sp³-hybridized carbons (Fsp3) is 0.500. The van der Waals surface area contributed by atoms with Crippen LogP contribution in [0, 0.1) is 0 Å². The average molecular weight is 285 g/mol. The van der Waals surface area contributed by atoms with E-state index in [1.54, 1.807) is 0 Å². The Labute approximate surface area is 113 Å². The van der Waals surface area contributed by atoms with E-state index in [1.165, 1.54) is 0 Å². The molecule has 0 fully saturated rings. The number of nitrogens with zero attached hydrogens (tertiary/aromatic N) is 4. The molecule has 2 aromatic rings. The lowest BCUT2D eigenvalue weighted by Crippen LogP contribution is -2.13. The van der Waals surface area contributed by atoms with E-state index in [0.29, 0.717) is 18.1 Å². The SMILES string of the molecule is CC(C)c1nc(NC(=O)CCc2nc(Cl)n[nH]2)no1. The van der Waals surface area contributed by atoms with Crippen LogP contribution in [0.2, 0.25) is 5.28 Å². The molecule has 0 aliphatic heterocycles. The minimum absolute atomic E-state index is 0.120. The van der Waals surface area contributed by atoms with Crippen molar-refractivity contribution >= 4 is 23.5 Å². The standard InChI is InChI=1S/C10H13ClN6O2/c1-5(2)8-14-10(17-19-8)13-7(18)4-3-6-12-9(11)16-15-6/h5H,3-4H2,1-2H3,(H,12,15,16)(H,13,17,18). The first-order chi connectivity index (χ1) is 9.04. The van der Waals surface area contributed by atoms with Crippen LogP contribution in [-0.2, 0) is 11.2 Å². The first kappa shape index (κ1) is 13.5. The van der Waals surface area contributed by atoms with Gasteiger partial charge in [0.2, 0.25) is 17.1 Å². The van der Waals surface area contributed by atoms with Gasteiger partial charge in [-0.15, -0.1) is 5.10 Å². The number of hydrogen-bond acceptors (Lipinski definition) is 6. The molecule has 1 amide bonds. The Morgan fingerprint density at radius 3 is 2.84 bits per heavy atom. The van der Waals surface area contributed by atoms with Gasteiger partial charge in [-0.3, -0.25) is 15.2 Å². The summed E-state index contributed by atoms with van der Waals surface area (Å²) in [5, 5.41) is 12.6. The van der Waals surface area contributed by atoms with Crippen molar-refractivity contribution in [1.29, 1.82) is 0 Å². The maximum absolute atomic E-state index is 11.6. The average Bonchev–Trinajstić information content (AvgIpc) is 2.96. The van der Waals surface area contributed by atoms with Gasteiger partial charge < -0.3 is 4.52 Å². The number of carbonyl (C=O) groups is 1. The van der Waals surface area contributed by atoms with Crippen LogP contribution in [0.5, 0.6) is 0 Å². The molecule has 2 rings (SSSR count). The van der Waals surface area contributed by atoms with Gasteiger partial charge in [0.25, 0.3) is 5.95 Å². The van der Waals surface area contributed by atoms with Gasteiger partial charge in [0.15, 0.2) is 0 Å². The lowest BCUT2D eigenvalue weighted by molar-refractivity contribution is -0.116. The smallest absolute Gasteiger partial charge is 0.270 e. The number of halogens is 1. The first-order valence-electron chi connectivity index (χ1n) is 5.75. The maximum atomic E-state index is 11.6. The largest absolute Gasteiger partial charge is 0.337 e. The molecule has 0 aromatic carbocycles. The van der Waals surface area contributed by atoms with E-state index in [1.807, 2.05) is 13.8 Å². The van der Waals surface area contributed by atoms with Crippen LogP contribution in [0.4, 0.5) is 5.95 Å². The molecule has 2 N–H and O–H groups in total. The number of carbonyl (C=O) groups excluding carboxylic acids is 1. The number of aromatic nitrogens is 5. The van der Waals surface area contributed by atoms with Crippen LogP contribution in [0.1, 0.15) is 37.9 Å². The molecular weight excluding hydrogens is 272 g/mol. The molecule has 2 aromatic heterocycles. The highest BCUT2D eigenvalue weighted by atomic mass is 35.5. The molecule has 0 saturated heterocycles. The molecule has 0 bridgehead atoms. The number of aromatic amines is 1. The van der Waals surface area contributed by atoms with Crippen molar-refractivity contribution in [1.82, 2.24) is 25.3 Å². The van der Waals surface area contributed by atoms with E-state index in [-0.39, 0.29) is 29.5 Å². The van der Waals surface area contributed by atoms with Crippen molar-refractivity contribution in [3.63, 3.8) is 0 Å². The third kappa shape index (κ3) is 3.75. The number of H-pyrrole nitrogens is 1. The van der Waals surface area contributed by atoms with Gasteiger partial charge in [0.1, 0.15) is 5.82 Å². The van der Waals surface area contributed by atoms with Crippen molar-refractivity contribution in [2.45, 2.75) is 32.6 Å². The van der Waals surface area contributed by atoms with Gasteiger partial charge >= 0.3 is 0 Å². The molecule has 0 radical (unpaired) electrons. The highest BCUT2D eigenvalue weighted by Gasteiger charge is 2.12. The second kappa shape index (κ2) is 5.79. The normalized spacial score (nSPS) is 10.9. The van der Waals surface area contributed by atoms with Gasteiger partial charge in [0.05, 0.1) is 0 Å². The number of rotatable bonds is 5. The second-order valence-corrected chi connectivity index (χ2v) is 4.55. The zero-order chi connectivity index (χ0) is 13.8. The van der Waals surface area contributed by atoms with Gasteiger partial charge in [0, 0.05) is 18.8 Å². The zero-order valence-electron chi connectivity index (χ0n) is 10.5. The molecule has 19 heavy (non-hydrogen) atoms. The first-order valence-corrected chi connectivity index (χ1v) is 6.12. The minimum atomic E-state index is -0.233. The molecule has 0 aliphatic carbocycles. The Balaban J connectivity index is 1.83. The zero-order valence-corrected chi connectivity index (χ0v) is 11.2. The van der Waals surface area contributed by atoms with Gasteiger partial charge in [-0.1, -0.05) is 13.8 Å². The number of hydrogen-bond donors (Lipinski definition) is 2. The molecular formula is C10H13ClN6O2. The summed E-state index contributed by atoms with van der Waals surface area (Å²) in [6.45, 7) is 3.85. The molecule has 0 aliphatic rings. The van der Waals surface area contributed by atoms with E-state index < -0.39 is 0 Å². The quantitative estimate of drug-likeness (QED) is 0.862. The van der Waals surface area contributed by atoms with E-state index in [2.05, 4.69) is 30.6 Å². The number of amides is 1. The predicted molar refractivity (Wildman–Crippen MR) is 66.7 cm³/mol. The Hall–Kier alpha value is -1.96. The minimum Gasteiger partial charge on any atom is -0.337 e. The Kier molecular flexibility index (Phi) is 4.10. The van der Waals surface area contributed by atoms with Crippen molar-refractivity contribution in [2.24, 2.45) is 0 Å². The topological polar surface area (TPSA) is 110 Å². The Morgan fingerprint density at radius 1 is 1.47 bits per heavy atom. The van der Waals surface area contributed by atoms with Crippen LogP contribution in [-0.4, -0.2) is 31.2 Å². The molecule has 9 heteroatoms. The van der Waals surface area contributed by atoms with Crippen molar-refractivity contribution in [2.75, 3.05) is 5.32 Å². The summed E-state index contributed by atoms with van der Waals surface area (Å²) in [5.74, 6) is 1.09. The molecule has 0 unspecified atom stereocenters. The van der Waals surface area contributed by atoms with Crippen molar-refractivity contribution in [3.05, 3.63) is 17.0 Å². The summed E-state index contributed by atoms with van der Waals surface area (Å²) >= 11 is 5.55. The van der Waals surface area contributed by atoms with Crippen LogP contribution in [0.15, 0.2) is 4.52 Å². The van der Waals surface area contributed by atoms with Crippen LogP contribution < -0.4 is 5.32 Å². The Bertz CT molecular complexity index is 564. The third-order valence-electron chi connectivity index (χ3n) is 2.28. The molecule has 0 saturated carbocycles. The van der Waals surface area contributed by atoms with Gasteiger partial charge in [-0.2, -0.15) is 4.98 Å². The lowest BCUT2D eigenvalue weighted by atomic mass is 10.2. The number of nitrogens with one attached hydrogen (secondary N) is 2. The summed E-state index contributed by atoms with van der Waals surface area (Å²) in [7, 11) is 0. The highest BCUT2D eigenvalue weighted by molar-refractivity contribution is 6.28.